The fraction of sp³-hybridized carbons (Fsp3) is 0.923. The van der Waals surface area contributed by atoms with E-state index in [0.29, 0.717) is 13.2 Å². The number of ether oxygens (including phenoxy) is 3. The van der Waals surface area contributed by atoms with Crippen molar-refractivity contribution in [1.29, 1.82) is 0 Å². The van der Waals surface area contributed by atoms with Crippen LogP contribution in [0.15, 0.2) is 0 Å². The second-order valence-corrected chi connectivity index (χ2v) is 7.10. The maximum Gasteiger partial charge on any atom is 1.00 e. The molecule has 0 aromatic rings. The molecule has 0 unspecified atom stereocenters. The summed E-state index contributed by atoms with van der Waals surface area (Å²) in [6, 6.07) is 0. The number of hydrogen-bond donors (Lipinski definition) is 0. The van der Waals surface area contributed by atoms with Crippen molar-refractivity contribution in [2.75, 3.05) is 32.2 Å². The van der Waals surface area contributed by atoms with Gasteiger partial charge in [-0.3, -0.25) is 0 Å². The van der Waals surface area contributed by atoms with Crippen molar-refractivity contribution in [1.82, 2.24) is 0 Å². The quantitative estimate of drug-likeness (QED) is 0.186. The fourth-order valence-electron chi connectivity index (χ4n) is 1.37. The fourth-order valence-corrected chi connectivity index (χ4v) is 1.70. The molecule has 0 heterocycles. The summed E-state index contributed by atoms with van der Waals surface area (Å²) in [7, 11) is -4.19. The number of esters is 1. The number of rotatable bonds is 11. The van der Waals surface area contributed by atoms with Crippen molar-refractivity contribution in [2.24, 2.45) is 0 Å². The molecule has 0 aliphatic carbocycles. The van der Waals surface area contributed by atoms with Crippen LogP contribution in [0.1, 0.15) is 40.0 Å². The average Bonchev–Trinajstić information content (AvgIpc) is 2.27. The van der Waals surface area contributed by atoms with Gasteiger partial charge in [-0.25, -0.2) is 13.2 Å². The standard InChI is InChI=1S/C13H26O7S.Na/c1-13(2,3)20-12(14)11-19-8-6-4-5-7-18-9-10-21(15,16)17;/h4-11H2,1-3H3,(H,15,16,17);/q;+1/p-1. The zero-order chi connectivity index (χ0) is 16.4. The Morgan fingerprint density at radius 1 is 1.00 bits per heavy atom. The molecule has 0 spiro atoms. The molecular formula is C13H25NaO7S. The van der Waals surface area contributed by atoms with Crippen molar-refractivity contribution in [2.45, 2.75) is 45.6 Å². The van der Waals surface area contributed by atoms with Gasteiger partial charge in [-0.15, -0.1) is 0 Å². The largest absolute Gasteiger partial charge is 1.00 e. The summed E-state index contributed by atoms with van der Waals surface area (Å²) in [5, 5.41) is 0. The van der Waals surface area contributed by atoms with Crippen LogP contribution in [0, 0.1) is 0 Å². The Morgan fingerprint density at radius 2 is 1.55 bits per heavy atom. The third-order valence-corrected chi connectivity index (χ3v) is 2.86. The van der Waals surface area contributed by atoms with E-state index in [9.17, 15) is 17.8 Å². The summed E-state index contributed by atoms with van der Waals surface area (Å²) in [4.78, 5) is 11.3. The van der Waals surface area contributed by atoms with Crippen molar-refractivity contribution >= 4 is 16.1 Å². The van der Waals surface area contributed by atoms with Crippen molar-refractivity contribution in [3.63, 3.8) is 0 Å². The zero-order valence-electron chi connectivity index (χ0n) is 13.9. The number of carbonyl (C=O) groups excluding carboxylic acids is 1. The van der Waals surface area contributed by atoms with Gasteiger partial charge in [0.25, 0.3) is 0 Å². The molecule has 126 valence electrons. The van der Waals surface area contributed by atoms with E-state index in [2.05, 4.69) is 0 Å². The Labute approximate surface area is 155 Å². The van der Waals surface area contributed by atoms with Gasteiger partial charge in [-0.2, -0.15) is 0 Å². The van der Waals surface area contributed by atoms with Crippen LogP contribution in [0.4, 0.5) is 0 Å². The van der Waals surface area contributed by atoms with Crippen LogP contribution >= 0.6 is 0 Å². The Bertz CT molecular complexity index is 390. The molecule has 0 bridgehead atoms. The number of hydrogen-bond acceptors (Lipinski definition) is 7. The summed E-state index contributed by atoms with van der Waals surface area (Å²) < 4.78 is 46.1. The van der Waals surface area contributed by atoms with E-state index < -0.39 is 21.5 Å². The number of unbranched alkanes of at least 4 members (excludes halogenated alkanes) is 2. The van der Waals surface area contributed by atoms with E-state index in [1.165, 1.54) is 0 Å². The summed E-state index contributed by atoms with van der Waals surface area (Å²) in [5.74, 6) is -0.879. The minimum absolute atomic E-state index is 0. The molecule has 0 aliphatic heterocycles. The van der Waals surface area contributed by atoms with Crippen LogP contribution in [-0.2, 0) is 29.1 Å². The van der Waals surface area contributed by atoms with Crippen LogP contribution in [0.5, 0.6) is 0 Å². The van der Waals surface area contributed by atoms with Crippen LogP contribution in [0.25, 0.3) is 0 Å². The van der Waals surface area contributed by atoms with E-state index in [4.69, 9.17) is 14.2 Å². The van der Waals surface area contributed by atoms with Crippen LogP contribution < -0.4 is 29.6 Å². The maximum absolute atomic E-state index is 11.3. The summed E-state index contributed by atoms with van der Waals surface area (Å²) in [6.07, 6.45) is 2.35. The van der Waals surface area contributed by atoms with Crippen molar-refractivity contribution in [3.8, 4) is 0 Å². The number of carbonyl (C=O) groups is 1. The second-order valence-electron chi connectivity index (χ2n) is 5.57. The summed E-state index contributed by atoms with van der Waals surface area (Å²) >= 11 is 0. The van der Waals surface area contributed by atoms with Gasteiger partial charge in [0.2, 0.25) is 0 Å². The molecule has 0 aliphatic rings. The predicted molar refractivity (Wildman–Crippen MR) is 75.9 cm³/mol. The van der Waals surface area contributed by atoms with Gasteiger partial charge >= 0.3 is 35.5 Å². The van der Waals surface area contributed by atoms with Crippen molar-refractivity contribution in [3.05, 3.63) is 0 Å². The molecule has 0 saturated heterocycles. The topological polar surface area (TPSA) is 102 Å². The first-order valence-electron chi connectivity index (χ1n) is 6.91. The minimum Gasteiger partial charge on any atom is -0.748 e. The summed E-state index contributed by atoms with van der Waals surface area (Å²) in [5.41, 5.74) is -0.505. The van der Waals surface area contributed by atoms with Gasteiger partial charge < -0.3 is 18.8 Å². The molecule has 0 fully saturated rings. The first kappa shape index (κ1) is 24.6. The maximum atomic E-state index is 11.3. The van der Waals surface area contributed by atoms with Gasteiger partial charge in [0, 0.05) is 13.2 Å². The van der Waals surface area contributed by atoms with Gasteiger partial charge in [-0.1, -0.05) is 0 Å². The molecule has 22 heavy (non-hydrogen) atoms. The molecule has 0 amide bonds. The van der Waals surface area contributed by atoms with E-state index >= 15 is 0 Å². The minimum atomic E-state index is -4.19. The Morgan fingerprint density at radius 3 is 2.05 bits per heavy atom. The van der Waals surface area contributed by atoms with Crippen molar-refractivity contribution < 1.29 is 61.5 Å². The third kappa shape index (κ3) is 20.3. The van der Waals surface area contributed by atoms with Crippen LogP contribution in [-0.4, -0.2) is 56.7 Å². The normalized spacial score (nSPS) is 11.8. The zero-order valence-corrected chi connectivity index (χ0v) is 16.7. The van der Waals surface area contributed by atoms with Gasteiger partial charge in [0.15, 0.2) is 0 Å². The molecule has 0 aromatic carbocycles. The second kappa shape index (κ2) is 12.7. The third-order valence-electron chi connectivity index (χ3n) is 2.19. The first-order chi connectivity index (χ1) is 9.60. The molecule has 7 nitrogen and oxygen atoms in total. The first-order valence-corrected chi connectivity index (χ1v) is 8.49. The molecule has 0 atom stereocenters. The molecule has 9 heteroatoms. The van der Waals surface area contributed by atoms with E-state index in [-0.39, 0.29) is 48.7 Å². The Kier molecular flexibility index (Phi) is 14.2. The van der Waals surface area contributed by atoms with Gasteiger partial charge in [0.1, 0.15) is 12.2 Å². The monoisotopic (exact) mass is 348 g/mol. The Hall–Kier alpha value is 0.300. The van der Waals surface area contributed by atoms with Gasteiger partial charge in [0.05, 0.1) is 22.5 Å². The van der Waals surface area contributed by atoms with Crippen LogP contribution in [0.2, 0.25) is 0 Å². The Balaban J connectivity index is 0. The molecular weight excluding hydrogens is 323 g/mol. The van der Waals surface area contributed by atoms with E-state index in [0.717, 1.165) is 19.3 Å². The SMILES string of the molecule is CC(C)(C)OC(=O)COCCCCCOCCS(=O)(=O)[O-].[Na+]. The molecule has 0 aromatic heterocycles. The summed E-state index contributed by atoms with van der Waals surface area (Å²) in [6.45, 7) is 6.11. The average molecular weight is 348 g/mol. The van der Waals surface area contributed by atoms with Gasteiger partial charge in [-0.05, 0) is 40.0 Å². The predicted octanol–water partition coefficient (Wildman–Crippen LogP) is -1.92. The van der Waals surface area contributed by atoms with Crippen LogP contribution in [0.3, 0.4) is 0 Å². The smallest absolute Gasteiger partial charge is 0.748 e. The molecule has 0 saturated carbocycles. The molecule has 0 N–H and O–H groups in total. The molecule has 0 rings (SSSR count). The van der Waals surface area contributed by atoms with E-state index in [1.807, 2.05) is 0 Å². The molecule has 0 radical (unpaired) electrons. The van der Waals surface area contributed by atoms with E-state index in [1.54, 1.807) is 20.8 Å².